The van der Waals surface area contributed by atoms with E-state index < -0.39 is 0 Å². The summed E-state index contributed by atoms with van der Waals surface area (Å²) in [6.45, 7) is 3.51. The first-order chi connectivity index (χ1) is 2.81. The fraction of sp³-hybridized carbons (Fsp3) is 0.500. The maximum Gasteiger partial charge on any atom is 0.0282 e. The number of hydrogen-bond acceptors (Lipinski definition) is 2. The van der Waals surface area contributed by atoms with Crippen LogP contribution in [0, 0.1) is 0 Å². The zero-order chi connectivity index (χ0) is 4.99. The largest absolute Gasteiger partial charge is 0.178 e. The van der Waals surface area contributed by atoms with Gasteiger partial charge in [-0.15, -0.1) is 6.58 Å². The molecule has 0 aromatic carbocycles. The monoisotopic (exact) mass is 120 g/mol. The molecule has 0 aliphatic heterocycles. The van der Waals surface area contributed by atoms with E-state index in [2.05, 4.69) is 31.8 Å². The van der Waals surface area contributed by atoms with Gasteiger partial charge in [-0.05, 0) is 0 Å². The van der Waals surface area contributed by atoms with Gasteiger partial charge in [-0.1, -0.05) is 6.08 Å². The molecule has 0 aliphatic carbocycles. The Hall–Kier alpha value is 0.440. The van der Waals surface area contributed by atoms with Crippen LogP contribution in [-0.4, -0.2) is 11.0 Å². The second-order valence-electron chi connectivity index (χ2n) is 0.986. The van der Waals surface area contributed by atoms with Crippen molar-refractivity contribution in [2.45, 2.75) is 5.25 Å². The van der Waals surface area contributed by atoms with Gasteiger partial charge < -0.3 is 0 Å². The van der Waals surface area contributed by atoms with Crippen molar-refractivity contribution in [2.75, 3.05) is 5.75 Å². The average Bonchev–Trinajstić information content (AvgIpc) is 1.65. The topological polar surface area (TPSA) is 0 Å². The van der Waals surface area contributed by atoms with Gasteiger partial charge in [0.1, 0.15) is 0 Å². The molecule has 6 heavy (non-hydrogen) atoms. The molecule has 0 saturated heterocycles. The van der Waals surface area contributed by atoms with E-state index >= 15 is 0 Å². The molecule has 0 fully saturated rings. The highest BCUT2D eigenvalue weighted by atomic mass is 32.1. The maximum atomic E-state index is 4.04. The van der Waals surface area contributed by atoms with Crippen LogP contribution >= 0.6 is 25.3 Å². The van der Waals surface area contributed by atoms with E-state index in [4.69, 9.17) is 0 Å². The summed E-state index contributed by atoms with van der Waals surface area (Å²) < 4.78 is 0. The summed E-state index contributed by atoms with van der Waals surface area (Å²) in [6, 6.07) is 0. The first-order valence-electron chi connectivity index (χ1n) is 1.72. The Bertz CT molecular complexity index is 42.8. The lowest BCUT2D eigenvalue weighted by molar-refractivity contribution is 1.30. The highest BCUT2D eigenvalue weighted by Gasteiger charge is 1.86. The van der Waals surface area contributed by atoms with E-state index in [9.17, 15) is 0 Å². The molecule has 0 spiro atoms. The molecule has 0 heterocycles. The predicted octanol–water partition coefficient (Wildman–Crippen LogP) is 1.40. The van der Waals surface area contributed by atoms with Crippen molar-refractivity contribution in [3.63, 3.8) is 0 Å². The Kier molecular flexibility index (Phi) is 3.89. The molecule has 0 aromatic heterocycles. The van der Waals surface area contributed by atoms with E-state index in [0.717, 1.165) is 5.75 Å². The molecule has 0 bridgehead atoms. The summed E-state index contributed by atoms with van der Waals surface area (Å²) >= 11 is 7.98. The van der Waals surface area contributed by atoms with Crippen molar-refractivity contribution < 1.29 is 0 Å². The van der Waals surface area contributed by atoms with E-state index in [0.29, 0.717) is 0 Å². The van der Waals surface area contributed by atoms with Crippen molar-refractivity contribution in [3.8, 4) is 0 Å². The van der Waals surface area contributed by atoms with Crippen molar-refractivity contribution in [3.05, 3.63) is 12.7 Å². The lowest BCUT2D eigenvalue weighted by atomic mass is 10.5. The molecule has 1 atom stereocenters. The van der Waals surface area contributed by atoms with Gasteiger partial charge in [-0.2, -0.15) is 25.3 Å². The third-order valence-electron chi connectivity index (χ3n) is 0.459. The van der Waals surface area contributed by atoms with E-state index in [-0.39, 0.29) is 5.25 Å². The molecule has 1 unspecified atom stereocenters. The minimum Gasteiger partial charge on any atom is -0.178 e. The summed E-state index contributed by atoms with van der Waals surface area (Å²) in [7, 11) is 0. The molecule has 2 heteroatoms. The molecule has 0 radical (unpaired) electrons. The van der Waals surface area contributed by atoms with Gasteiger partial charge in [-0.3, -0.25) is 0 Å². The summed E-state index contributed by atoms with van der Waals surface area (Å²) in [5.41, 5.74) is 0. The predicted molar refractivity (Wildman–Crippen MR) is 36.8 cm³/mol. The average molecular weight is 120 g/mol. The highest BCUT2D eigenvalue weighted by molar-refractivity contribution is 7.84. The van der Waals surface area contributed by atoms with Gasteiger partial charge >= 0.3 is 0 Å². The number of rotatable bonds is 2. The van der Waals surface area contributed by atoms with E-state index in [1.807, 2.05) is 0 Å². The Balaban J connectivity index is 2.96. The van der Waals surface area contributed by atoms with Crippen LogP contribution in [0.3, 0.4) is 0 Å². The van der Waals surface area contributed by atoms with Gasteiger partial charge in [-0.25, -0.2) is 0 Å². The van der Waals surface area contributed by atoms with E-state index in [1.54, 1.807) is 6.08 Å². The fourth-order valence-electron chi connectivity index (χ4n) is 0.0745. The molecule has 0 N–H and O–H groups in total. The Labute approximate surface area is 49.5 Å². The number of hydrogen-bond donors (Lipinski definition) is 2. The molecule has 0 rings (SSSR count). The van der Waals surface area contributed by atoms with Crippen LogP contribution in [0.5, 0.6) is 0 Å². The highest BCUT2D eigenvalue weighted by Crippen LogP contribution is 1.95. The standard InChI is InChI=1S/C4H8S2/c1-2-4(6)3-5/h2,4-6H,1,3H2. The molecule has 0 aliphatic rings. The number of thiol groups is 2. The van der Waals surface area contributed by atoms with Crippen molar-refractivity contribution in [1.29, 1.82) is 0 Å². The van der Waals surface area contributed by atoms with Crippen LogP contribution in [0.15, 0.2) is 12.7 Å². The Morgan fingerprint density at radius 2 is 2.33 bits per heavy atom. The molecule has 0 aromatic rings. The Morgan fingerprint density at radius 3 is 2.33 bits per heavy atom. The van der Waals surface area contributed by atoms with Crippen LogP contribution < -0.4 is 0 Å². The van der Waals surface area contributed by atoms with Gasteiger partial charge in [0.2, 0.25) is 0 Å². The van der Waals surface area contributed by atoms with Crippen LogP contribution in [0.25, 0.3) is 0 Å². The smallest absolute Gasteiger partial charge is 0.0282 e. The van der Waals surface area contributed by atoms with Crippen LogP contribution in [0.1, 0.15) is 0 Å². The lowest BCUT2D eigenvalue weighted by Crippen LogP contribution is -1.91. The zero-order valence-electron chi connectivity index (χ0n) is 3.46. The quantitative estimate of drug-likeness (QED) is 0.399. The minimum atomic E-state index is 0.258. The normalized spacial score (nSPS) is 13.7. The first-order valence-corrected chi connectivity index (χ1v) is 2.87. The van der Waals surface area contributed by atoms with Gasteiger partial charge in [0, 0.05) is 11.0 Å². The van der Waals surface area contributed by atoms with Crippen molar-refractivity contribution in [2.24, 2.45) is 0 Å². The van der Waals surface area contributed by atoms with Gasteiger partial charge in [0.25, 0.3) is 0 Å². The van der Waals surface area contributed by atoms with Crippen molar-refractivity contribution in [1.82, 2.24) is 0 Å². The van der Waals surface area contributed by atoms with E-state index in [1.165, 1.54) is 0 Å². The van der Waals surface area contributed by atoms with Crippen molar-refractivity contribution >= 4 is 25.3 Å². The fourth-order valence-corrected chi connectivity index (χ4v) is 0.224. The summed E-state index contributed by atoms with van der Waals surface area (Å²) in [6.07, 6.45) is 1.76. The summed E-state index contributed by atoms with van der Waals surface area (Å²) in [4.78, 5) is 0. The summed E-state index contributed by atoms with van der Waals surface area (Å²) in [5.74, 6) is 0.770. The zero-order valence-corrected chi connectivity index (χ0v) is 5.25. The Morgan fingerprint density at radius 1 is 1.83 bits per heavy atom. The van der Waals surface area contributed by atoms with Crippen LogP contribution in [0.4, 0.5) is 0 Å². The van der Waals surface area contributed by atoms with Crippen LogP contribution in [-0.2, 0) is 0 Å². The second-order valence-corrected chi connectivity index (χ2v) is 2.01. The molecular weight excluding hydrogens is 112 g/mol. The third kappa shape index (κ3) is 2.67. The second kappa shape index (κ2) is 3.62. The molecule has 0 saturated carbocycles. The van der Waals surface area contributed by atoms with Gasteiger partial charge in [0.15, 0.2) is 0 Å². The molecular formula is C4H8S2. The first kappa shape index (κ1) is 6.44. The minimum absolute atomic E-state index is 0.258. The molecule has 0 amide bonds. The van der Waals surface area contributed by atoms with Crippen LogP contribution in [0.2, 0.25) is 0 Å². The maximum absolute atomic E-state index is 4.04. The molecule has 36 valence electrons. The van der Waals surface area contributed by atoms with Gasteiger partial charge in [0.05, 0.1) is 0 Å². The third-order valence-corrected chi connectivity index (χ3v) is 1.53. The summed E-state index contributed by atoms with van der Waals surface area (Å²) in [5, 5.41) is 0.258. The SMILES string of the molecule is C=CC(S)CS. The lowest BCUT2D eigenvalue weighted by Gasteiger charge is -1.92. The molecule has 0 nitrogen and oxygen atoms in total.